The van der Waals surface area contributed by atoms with Gasteiger partial charge < -0.3 is 15.1 Å². The highest BCUT2D eigenvalue weighted by atomic mass is 35.5. The molecule has 0 radical (unpaired) electrons. The molecule has 1 saturated heterocycles. The van der Waals surface area contributed by atoms with Crippen LogP contribution in [0.5, 0.6) is 0 Å². The van der Waals surface area contributed by atoms with Crippen LogP contribution in [0, 0.1) is 0 Å². The Bertz CT molecular complexity index is 1250. The Morgan fingerprint density at radius 3 is 2.23 bits per heavy atom. The van der Waals surface area contributed by atoms with E-state index in [4.69, 9.17) is 23.2 Å². The number of hydrogen-bond acceptors (Lipinski definition) is 5. The SMILES string of the molecule is O=C(Nc1ccc(Cl)c(Cl)c1)c1ccc(N2CCN(C(=O)c3ccccc3C(F)(F)F)CC2)nn1. The van der Waals surface area contributed by atoms with Gasteiger partial charge in [-0.1, -0.05) is 35.3 Å². The third-order valence-corrected chi connectivity index (χ3v) is 6.15. The summed E-state index contributed by atoms with van der Waals surface area (Å²) < 4.78 is 39.8. The van der Waals surface area contributed by atoms with Crippen molar-refractivity contribution in [2.24, 2.45) is 0 Å². The molecule has 0 unspecified atom stereocenters. The second kappa shape index (κ2) is 10.1. The molecular weight excluding hydrogens is 506 g/mol. The molecule has 7 nitrogen and oxygen atoms in total. The number of rotatable bonds is 4. The molecule has 2 heterocycles. The van der Waals surface area contributed by atoms with Gasteiger partial charge in [0.2, 0.25) is 0 Å². The van der Waals surface area contributed by atoms with Crippen molar-refractivity contribution in [3.63, 3.8) is 0 Å². The summed E-state index contributed by atoms with van der Waals surface area (Å²) in [4.78, 5) is 28.4. The van der Waals surface area contributed by atoms with Gasteiger partial charge in [0.15, 0.2) is 11.5 Å². The van der Waals surface area contributed by atoms with Crippen LogP contribution in [0.15, 0.2) is 54.6 Å². The zero-order valence-corrected chi connectivity index (χ0v) is 19.5. The summed E-state index contributed by atoms with van der Waals surface area (Å²) in [6, 6.07) is 12.5. The van der Waals surface area contributed by atoms with Gasteiger partial charge in [0.25, 0.3) is 11.8 Å². The Balaban J connectivity index is 1.37. The fourth-order valence-corrected chi connectivity index (χ4v) is 3.91. The van der Waals surface area contributed by atoms with Gasteiger partial charge in [-0.3, -0.25) is 9.59 Å². The number of piperazine rings is 1. The molecule has 4 rings (SSSR count). The van der Waals surface area contributed by atoms with Crippen molar-refractivity contribution in [1.82, 2.24) is 15.1 Å². The quantitative estimate of drug-likeness (QED) is 0.519. The van der Waals surface area contributed by atoms with Gasteiger partial charge in [0.05, 0.1) is 21.2 Å². The number of benzene rings is 2. The van der Waals surface area contributed by atoms with E-state index in [1.165, 1.54) is 35.2 Å². The van der Waals surface area contributed by atoms with Crippen molar-refractivity contribution in [2.45, 2.75) is 6.18 Å². The van der Waals surface area contributed by atoms with E-state index in [1.807, 2.05) is 4.90 Å². The number of hydrogen-bond donors (Lipinski definition) is 1. The van der Waals surface area contributed by atoms with Crippen molar-refractivity contribution < 1.29 is 22.8 Å². The minimum atomic E-state index is -4.61. The first-order valence-corrected chi connectivity index (χ1v) is 11.2. The maximum absolute atomic E-state index is 13.3. The van der Waals surface area contributed by atoms with Crippen LogP contribution in [0.25, 0.3) is 0 Å². The second-order valence-corrected chi connectivity index (χ2v) is 8.50. The van der Waals surface area contributed by atoms with E-state index in [-0.39, 0.29) is 24.3 Å². The van der Waals surface area contributed by atoms with Gasteiger partial charge in [0, 0.05) is 31.9 Å². The van der Waals surface area contributed by atoms with Crippen LogP contribution in [0.4, 0.5) is 24.7 Å². The number of carbonyl (C=O) groups excluding carboxylic acids is 2. The second-order valence-electron chi connectivity index (χ2n) is 7.68. The van der Waals surface area contributed by atoms with E-state index in [1.54, 1.807) is 18.2 Å². The molecule has 1 fully saturated rings. The molecule has 0 atom stereocenters. The maximum Gasteiger partial charge on any atom is 0.417 e. The predicted octanol–water partition coefficient (Wildman–Crippen LogP) is 5.02. The molecule has 2 amide bonds. The van der Waals surface area contributed by atoms with Crippen molar-refractivity contribution in [3.8, 4) is 0 Å². The Labute approximate surface area is 208 Å². The number of carbonyl (C=O) groups is 2. The van der Waals surface area contributed by atoms with Crippen LogP contribution < -0.4 is 10.2 Å². The number of nitrogens with zero attached hydrogens (tertiary/aromatic N) is 4. The average Bonchev–Trinajstić information content (AvgIpc) is 2.85. The highest BCUT2D eigenvalue weighted by molar-refractivity contribution is 6.42. The minimum absolute atomic E-state index is 0.0809. The molecule has 0 bridgehead atoms. The summed E-state index contributed by atoms with van der Waals surface area (Å²) in [6.07, 6.45) is -4.61. The third kappa shape index (κ3) is 5.66. The van der Waals surface area contributed by atoms with Crippen molar-refractivity contribution in [1.29, 1.82) is 0 Å². The Kier molecular flexibility index (Phi) is 7.13. The topological polar surface area (TPSA) is 78.4 Å². The number of aromatic nitrogens is 2. The summed E-state index contributed by atoms with van der Waals surface area (Å²) in [6.45, 7) is 1.13. The Hall–Kier alpha value is -3.37. The lowest BCUT2D eigenvalue weighted by Gasteiger charge is -2.35. The molecule has 1 aliphatic rings. The van der Waals surface area contributed by atoms with Crippen LogP contribution in [0.2, 0.25) is 10.0 Å². The average molecular weight is 524 g/mol. The van der Waals surface area contributed by atoms with Gasteiger partial charge >= 0.3 is 6.18 Å². The van der Waals surface area contributed by atoms with Crippen LogP contribution >= 0.6 is 23.2 Å². The molecular formula is C23H18Cl2F3N5O2. The van der Waals surface area contributed by atoms with E-state index < -0.39 is 23.6 Å². The first-order chi connectivity index (χ1) is 16.6. The maximum atomic E-state index is 13.3. The number of halogens is 5. The molecule has 0 aliphatic carbocycles. The summed E-state index contributed by atoms with van der Waals surface area (Å²) in [5, 5.41) is 11.4. The van der Waals surface area contributed by atoms with E-state index in [9.17, 15) is 22.8 Å². The van der Waals surface area contributed by atoms with Crippen LogP contribution in [-0.4, -0.2) is 53.1 Å². The van der Waals surface area contributed by atoms with Gasteiger partial charge in [-0.15, -0.1) is 10.2 Å². The van der Waals surface area contributed by atoms with Crippen molar-refractivity contribution in [2.75, 3.05) is 36.4 Å². The van der Waals surface area contributed by atoms with E-state index >= 15 is 0 Å². The number of anilines is 2. The van der Waals surface area contributed by atoms with Crippen molar-refractivity contribution in [3.05, 3.63) is 81.5 Å². The number of nitrogens with one attached hydrogen (secondary N) is 1. The summed E-state index contributed by atoms with van der Waals surface area (Å²) in [5.41, 5.74) is -0.792. The zero-order chi connectivity index (χ0) is 25.2. The minimum Gasteiger partial charge on any atom is -0.352 e. The van der Waals surface area contributed by atoms with E-state index in [2.05, 4.69) is 15.5 Å². The molecule has 2 aromatic carbocycles. The first-order valence-electron chi connectivity index (χ1n) is 10.4. The summed E-state index contributed by atoms with van der Waals surface area (Å²) >= 11 is 11.8. The largest absolute Gasteiger partial charge is 0.417 e. The van der Waals surface area contributed by atoms with Gasteiger partial charge in [-0.05, 0) is 42.5 Å². The molecule has 35 heavy (non-hydrogen) atoms. The van der Waals surface area contributed by atoms with Gasteiger partial charge in [-0.2, -0.15) is 13.2 Å². The predicted molar refractivity (Wildman–Crippen MR) is 126 cm³/mol. The summed E-state index contributed by atoms with van der Waals surface area (Å²) in [5.74, 6) is -0.668. The highest BCUT2D eigenvalue weighted by Gasteiger charge is 2.36. The number of amides is 2. The van der Waals surface area contributed by atoms with E-state index in [0.717, 1.165) is 6.07 Å². The van der Waals surface area contributed by atoms with Crippen molar-refractivity contribution >= 4 is 46.5 Å². The molecule has 1 N–H and O–H groups in total. The van der Waals surface area contributed by atoms with Gasteiger partial charge in [-0.25, -0.2) is 0 Å². The summed E-state index contributed by atoms with van der Waals surface area (Å²) in [7, 11) is 0. The lowest BCUT2D eigenvalue weighted by molar-refractivity contribution is -0.138. The lowest BCUT2D eigenvalue weighted by atomic mass is 10.1. The molecule has 3 aromatic rings. The normalized spacial score (nSPS) is 14.1. The van der Waals surface area contributed by atoms with Crippen LogP contribution in [0.3, 0.4) is 0 Å². The van der Waals surface area contributed by atoms with Crippen LogP contribution in [-0.2, 0) is 6.18 Å². The zero-order valence-electron chi connectivity index (χ0n) is 18.0. The van der Waals surface area contributed by atoms with E-state index in [0.29, 0.717) is 34.6 Å². The highest BCUT2D eigenvalue weighted by Crippen LogP contribution is 2.32. The lowest BCUT2D eigenvalue weighted by Crippen LogP contribution is -2.49. The standard InChI is InChI=1S/C23H18Cl2F3N5O2/c24-17-6-5-14(13-18(17)25)29-21(34)19-7-8-20(31-30-19)32-9-11-33(12-10-32)22(35)15-3-1-2-4-16(15)23(26,27)28/h1-8,13H,9-12H2,(H,29,34). The fourth-order valence-electron chi connectivity index (χ4n) is 3.61. The first kappa shape index (κ1) is 24.7. The molecule has 12 heteroatoms. The Morgan fingerprint density at radius 1 is 0.886 bits per heavy atom. The smallest absolute Gasteiger partial charge is 0.352 e. The molecule has 0 saturated carbocycles. The number of alkyl halides is 3. The molecule has 1 aliphatic heterocycles. The fraction of sp³-hybridized carbons (Fsp3) is 0.217. The molecule has 0 spiro atoms. The molecule has 182 valence electrons. The Morgan fingerprint density at radius 2 is 1.60 bits per heavy atom. The third-order valence-electron chi connectivity index (χ3n) is 5.41. The van der Waals surface area contributed by atoms with Gasteiger partial charge in [0.1, 0.15) is 0 Å². The molecule has 1 aromatic heterocycles. The van der Waals surface area contributed by atoms with Crippen LogP contribution in [0.1, 0.15) is 26.4 Å². The monoisotopic (exact) mass is 523 g/mol.